The molecule has 0 bridgehead atoms. The van der Waals surface area contributed by atoms with E-state index in [1.165, 1.54) is 16.6 Å². The summed E-state index contributed by atoms with van der Waals surface area (Å²) in [6, 6.07) is 8.73. The fourth-order valence-electron chi connectivity index (χ4n) is 2.51. The molecule has 0 unspecified atom stereocenters. The molecule has 0 saturated heterocycles. The second-order valence-corrected chi connectivity index (χ2v) is 6.95. The van der Waals surface area contributed by atoms with E-state index >= 15 is 0 Å². The zero-order valence-electron chi connectivity index (χ0n) is 12.0. The molecule has 1 heterocycles. The van der Waals surface area contributed by atoms with Crippen molar-refractivity contribution in [3.8, 4) is 0 Å². The van der Waals surface area contributed by atoms with Gasteiger partial charge in [0.1, 0.15) is 0 Å². The van der Waals surface area contributed by atoms with Crippen molar-refractivity contribution in [2.45, 2.75) is 51.2 Å². The minimum absolute atomic E-state index is 0.0499. The molecular formula is C16H23N3. The summed E-state index contributed by atoms with van der Waals surface area (Å²) >= 11 is 0. The number of nitrogens with zero attached hydrogens (tertiary/aromatic N) is 1. The number of fused-ring (bicyclic) bond motifs is 1. The highest BCUT2D eigenvalue weighted by atomic mass is 15.0. The molecule has 102 valence electrons. The summed E-state index contributed by atoms with van der Waals surface area (Å²) in [6.45, 7) is 7.46. The van der Waals surface area contributed by atoms with Crippen LogP contribution in [0.25, 0.3) is 10.9 Å². The second-order valence-electron chi connectivity index (χ2n) is 6.95. The van der Waals surface area contributed by atoms with Crippen LogP contribution in [0.5, 0.6) is 0 Å². The Kier molecular flexibility index (Phi) is 2.65. The summed E-state index contributed by atoms with van der Waals surface area (Å²) in [5.74, 6) is 0. The molecule has 1 fully saturated rings. The van der Waals surface area contributed by atoms with Crippen LogP contribution in [0.3, 0.4) is 0 Å². The van der Waals surface area contributed by atoms with Crippen molar-refractivity contribution in [3.05, 3.63) is 30.5 Å². The zero-order chi connectivity index (χ0) is 13.7. The monoisotopic (exact) mass is 257 g/mol. The number of hydrogen-bond acceptors (Lipinski definition) is 2. The molecule has 1 saturated carbocycles. The minimum Gasteiger partial charge on any atom is -0.380 e. The van der Waals surface area contributed by atoms with Crippen molar-refractivity contribution in [1.82, 2.24) is 4.57 Å². The highest BCUT2D eigenvalue weighted by Crippen LogP contribution is 2.35. The second kappa shape index (κ2) is 4.01. The van der Waals surface area contributed by atoms with E-state index < -0.39 is 0 Å². The first-order valence-corrected chi connectivity index (χ1v) is 7.01. The van der Waals surface area contributed by atoms with Crippen LogP contribution in [0.2, 0.25) is 0 Å². The fourth-order valence-corrected chi connectivity index (χ4v) is 2.51. The highest BCUT2D eigenvalue weighted by Gasteiger charge is 2.38. The smallest absolute Gasteiger partial charge is 0.0482 e. The van der Waals surface area contributed by atoms with E-state index in [0.717, 1.165) is 19.4 Å². The Morgan fingerprint density at radius 3 is 2.63 bits per heavy atom. The molecule has 1 aromatic carbocycles. The lowest BCUT2D eigenvalue weighted by Crippen LogP contribution is -2.27. The summed E-state index contributed by atoms with van der Waals surface area (Å²) in [4.78, 5) is 0. The van der Waals surface area contributed by atoms with Gasteiger partial charge in [0.05, 0.1) is 0 Å². The van der Waals surface area contributed by atoms with Crippen molar-refractivity contribution in [2.24, 2.45) is 5.73 Å². The Balaban J connectivity index is 1.89. The van der Waals surface area contributed by atoms with E-state index in [9.17, 15) is 0 Å². The van der Waals surface area contributed by atoms with Crippen LogP contribution < -0.4 is 11.1 Å². The summed E-state index contributed by atoms with van der Waals surface area (Å²) in [5, 5.41) is 4.79. The lowest BCUT2D eigenvalue weighted by atomic mass is 10.1. The van der Waals surface area contributed by atoms with Crippen LogP contribution in [0, 0.1) is 0 Å². The van der Waals surface area contributed by atoms with Crippen molar-refractivity contribution in [2.75, 3.05) is 5.32 Å². The fraction of sp³-hybridized carbons (Fsp3) is 0.500. The number of hydrogen-bond donors (Lipinski definition) is 2. The Morgan fingerprint density at radius 2 is 2.00 bits per heavy atom. The molecule has 0 amide bonds. The number of aromatic nitrogens is 1. The van der Waals surface area contributed by atoms with Gasteiger partial charge in [0.2, 0.25) is 0 Å². The molecule has 19 heavy (non-hydrogen) atoms. The third-order valence-corrected chi connectivity index (χ3v) is 3.67. The molecule has 3 heteroatoms. The largest absolute Gasteiger partial charge is 0.380 e. The van der Waals surface area contributed by atoms with Gasteiger partial charge in [-0.1, -0.05) is 0 Å². The van der Waals surface area contributed by atoms with E-state index in [1.54, 1.807) is 0 Å². The maximum Gasteiger partial charge on any atom is 0.0482 e. The van der Waals surface area contributed by atoms with Gasteiger partial charge in [0.15, 0.2) is 0 Å². The molecule has 0 aliphatic heterocycles. The van der Waals surface area contributed by atoms with Gasteiger partial charge in [0.25, 0.3) is 0 Å². The van der Waals surface area contributed by atoms with Crippen molar-refractivity contribution in [3.63, 3.8) is 0 Å². The molecule has 3 rings (SSSR count). The molecule has 3 N–H and O–H groups in total. The zero-order valence-corrected chi connectivity index (χ0v) is 12.0. The first kappa shape index (κ1) is 12.5. The van der Waals surface area contributed by atoms with Gasteiger partial charge < -0.3 is 15.6 Å². The molecule has 1 aliphatic rings. The average molecular weight is 257 g/mol. The third kappa shape index (κ3) is 2.76. The van der Waals surface area contributed by atoms with Gasteiger partial charge in [-0.2, -0.15) is 0 Å². The molecule has 3 nitrogen and oxygen atoms in total. The van der Waals surface area contributed by atoms with Crippen LogP contribution in [0.15, 0.2) is 30.5 Å². The van der Waals surface area contributed by atoms with E-state index in [4.69, 9.17) is 5.73 Å². The summed E-state index contributed by atoms with van der Waals surface area (Å²) in [5.41, 5.74) is 8.79. The maximum atomic E-state index is 6.21. The minimum atomic E-state index is 0.0499. The van der Waals surface area contributed by atoms with Crippen LogP contribution in [0.4, 0.5) is 5.69 Å². The number of benzene rings is 1. The van der Waals surface area contributed by atoms with Crippen LogP contribution in [-0.2, 0) is 6.54 Å². The molecule has 0 spiro atoms. The number of rotatable bonds is 3. The van der Waals surface area contributed by atoms with Gasteiger partial charge in [-0.05, 0) is 57.9 Å². The van der Waals surface area contributed by atoms with E-state index in [-0.39, 0.29) is 11.1 Å². The predicted octanol–water partition coefficient (Wildman–Crippen LogP) is 3.34. The number of anilines is 1. The Hall–Kier alpha value is -1.48. The van der Waals surface area contributed by atoms with Crippen LogP contribution >= 0.6 is 0 Å². The van der Waals surface area contributed by atoms with Crippen LogP contribution in [-0.4, -0.2) is 15.6 Å². The Bertz CT molecular complexity index is 600. The van der Waals surface area contributed by atoms with Crippen LogP contribution in [0.1, 0.15) is 33.6 Å². The topological polar surface area (TPSA) is 43.0 Å². The predicted molar refractivity (Wildman–Crippen MR) is 81.5 cm³/mol. The summed E-state index contributed by atoms with van der Waals surface area (Å²) in [7, 11) is 0. The average Bonchev–Trinajstić information content (AvgIpc) is 2.88. The SMILES string of the molecule is CC(C)(C)Nc1ccc2c(ccn2CC2(N)CC2)c1. The molecular weight excluding hydrogens is 234 g/mol. The van der Waals surface area contributed by atoms with Gasteiger partial charge in [-0.3, -0.25) is 0 Å². The van der Waals surface area contributed by atoms with Gasteiger partial charge >= 0.3 is 0 Å². The quantitative estimate of drug-likeness (QED) is 0.885. The molecule has 0 atom stereocenters. The normalized spacial score (nSPS) is 17.7. The van der Waals surface area contributed by atoms with E-state index in [2.05, 4.69) is 61.1 Å². The van der Waals surface area contributed by atoms with Gasteiger partial charge in [-0.15, -0.1) is 0 Å². The summed E-state index contributed by atoms with van der Waals surface area (Å²) in [6.07, 6.45) is 4.45. The van der Waals surface area contributed by atoms with Crippen molar-refractivity contribution >= 4 is 16.6 Å². The lowest BCUT2D eigenvalue weighted by Gasteiger charge is -2.22. The standard InChI is InChI=1S/C16H23N3/c1-15(2,3)18-13-4-5-14-12(10-13)6-9-19(14)11-16(17)7-8-16/h4-6,9-10,18H,7-8,11,17H2,1-3H3. The van der Waals surface area contributed by atoms with Crippen molar-refractivity contribution in [1.29, 1.82) is 0 Å². The number of nitrogens with two attached hydrogens (primary N) is 1. The maximum absolute atomic E-state index is 6.21. The number of nitrogens with one attached hydrogen (secondary N) is 1. The van der Waals surface area contributed by atoms with E-state index in [1.807, 2.05) is 0 Å². The third-order valence-electron chi connectivity index (χ3n) is 3.67. The first-order valence-electron chi connectivity index (χ1n) is 7.01. The van der Waals surface area contributed by atoms with Gasteiger partial charge in [0, 0.05) is 40.4 Å². The Labute approximate surface area is 114 Å². The molecule has 1 aromatic heterocycles. The first-order chi connectivity index (χ1) is 8.85. The molecule has 2 aromatic rings. The Morgan fingerprint density at radius 1 is 1.26 bits per heavy atom. The van der Waals surface area contributed by atoms with E-state index in [0.29, 0.717) is 0 Å². The molecule has 0 radical (unpaired) electrons. The van der Waals surface area contributed by atoms with Crippen molar-refractivity contribution < 1.29 is 0 Å². The summed E-state index contributed by atoms with van der Waals surface area (Å²) < 4.78 is 2.28. The lowest BCUT2D eigenvalue weighted by molar-refractivity contribution is 0.556. The molecule has 1 aliphatic carbocycles. The highest BCUT2D eigenvalue weighted by molar-refractivity contribution is 5.84. The van der Waals surface area contributed by atoms with Gasteiger partial charge in [-0.25, -0.2) is 0 Å².